The molecule has 22 heavy (non-hydrogen) atoms. The van der Waals surface area contributed by atoms with Gasteiger partial charge >= 0.3 is 0 Å². The summed E-state index contributed by atoms with van der Waals surface area (Å²) >= 11 is 5.87. The van der Waals surface area contributed by atoms with Gasteiger partial charge in [-0.05, 0) is 30.5 Å². The van der Waals surface area contributed by atoms with E-state index in [0.29, 0.717) is 25.9 Å². The van der Waals surface area contributed by atoms with Crippen molar-refractivity contribution in [3.05, 3.63) is 34.9 Å². The molecule has 0 aliphatic carbocycles. The number of benzene rings is 1. The Morgan fingerprint density at radius 2 is 2.05 bits per heavy atom. The molecule has 3 atom stereocenters. The van der Waals surface area contributed by atoms with Gasteiger partial charge < -0.3 is 15.5 Å². The number of carbonyl (C=O) groups excluding carboxylic acids is 2. The maximum atomic E-state index is 12.3. The van der Waals surface area contributed by atoms with Crippen molar-refractivity contribution in [1.29, 1.82) is 0 Å². The largest absolute Gasteiger partial charge is 0.343 e. The molecule has 0 spiro atoms. The first-order valence-corrected chi connectivity index (χ1v) is 8.05. The van der Waals surface area contributed by atoms with Crippen molar-refractivity contribution in [3.63, 3.8) is 0 Å². The Labute approximate surface area is 135 Å². The Balaban J connectivity index is 1.60. The molecule has 3 rings (SSSR count). The fourth-order valence-corrected chi connectivity index (χ4v) is 3.27. The van der Waals surface area contributed by atoms with Crippen LogP contribution in [0, 0.1) is 0 Å². The highest BCUT2D eigenvalue weighted by atomic mass is 35.5. The quantitative estimate of drug-likeness (QED) is 0.879. The van der Waals surface area contributed by atoms with Gasteiger partial charge in [-0.15, -0.1) is 0 Å². The van der Waals surface area contributed by atoms with Gasteiger partial charge in [0.25, 0.3) is 0 Å². The number of rotatable bonds is 4. The molecule has 2 N–H and O–H groups in total. The Morgan fingerprint density at radius 1 is 1.32 bits per heavy atom. The molecule has 0 bridgehead atoms. The van der Waals surface area contributed by atoms with E-state index in [1.165, 1.54) is 0 Å². The summed E-state index contributed by atoms with van der Waals surface area (Å²) < 4.78 is 0. The summed E-state index contributed by atoms with van der Waals surface area (Å²) in [5.74, 6) is 0.0186. The van der Waals surface area contributed by atoms with Gasteiger partial charge in [0.1, 0.15) is 12.1 Å². The summed E-state index contributed by atoms with van der Waals surface area (Å²) in [6.45, 7) is 3.21. The van der Waals surface area contributed by atoms with E-state index < -0.39 is 0 Å². The van der Waals surface area contributed by atoms with Crippen molar-refractivity contribution in [2.75, 3.05) is 6.54 Å². The zero-order valence-corrected chi connectivity index (χ0v) is 13.3. The molecule has 0 saturated carbocycles. The van der Waals surface area contributed by atoms with Crippen LogP contribution in [0.2, 0.25) is 5.02 Å². The predicted molar refractivity (Wildman–Crippen MR) is 84.4 cm³/mol. The van der Waals surface area contributed by atoms with Crippen LogP contribution in [-0.4, -0.2) is 41.4 Å². The van der Waals surface area contributed by atoms with Crippen LogP contribution in [-0.2, 0) is 16.1 Å². The third-order valence-electron chi connectivity index (χ3n) is 4.42. The zero-order chi connectivity index (χ0) is 15.7. The second-order valence-electron chi connectivity index (χ2n) is 5.92. The van der Waals surface area contributed by atoms with Crippen molar-refractivity contribution in [2.45, 2.75) is 44.4 Å². The van der Waals surface area contributed by atoms with Gasteiger partial charge in [0.15, 0.2) is 0 Å². The van der Waals surface area contributed by atoms with E-state index in [0.717, 1.165) is 10.6 Å². The standard InChI is InChI=1S/C16H20ClN3O2/c1-2-13-16(22)20-9-12(7-14(20)15(21)19-13)18-8-10-3-5-11(17)6-4-10/h3-6,12-14,18H,2,7-9H2,1H3,(H,19,21)/t12-,13-,14-/m0/s1. The summed E-state index contributed by atoms with van der Waals surface area (Å²) in [4.78, 5) is 26.1. The highest BCUT2D eigenvalue weighted by Gasteiger charge is 2.45. The number of nitrogens with zero attached hydrogens (tertiary/aromatic N) is 1. The number of piperazine rings is 1. The molecule has 118 valence electrons. The van der Waals surface area contributed by atoms with E-state index in [1.807, 2.05) is 31.2 Å². The van der Waals surface area contributed by atoms with Crippen LogP contribution in [0.1, 0.15) is 25.3 Å². The molecule has 1 aromatic rings. The van der Waals surface area contributed by atoms with E-state index in [-0.39, 0.29) is 29.9 Å². The molecule has 2 aliphatic heterocycles. The Morgan fingerprint density at radius 3 is 2.73 bits per heavy atom. The van der Waals surface area contributed by atoms with Gasteiger partial charge in [-0.25, -0.2) is 0 Å². The van der Waals surface area contributed by atoms with Crippen molar-refractivity contribution in [1.82, 2.24) is 15.5 Å². The van der Waals surface area contributed by atoms with Crippen molar-refractivity contribution >= 4 is 23.4 Å². The molecular weight excluding hydrogens is 302 g/mol. The minimum absolute atomic E-state index is 0.0257. The maximum Gasteiger partial charge on any atom is 0.245 e. The minimum Gasteiger partial charge on any atom is -0.343 e. The van der Waals surface area contributed by atoms with Gasteiger partial charge in [-0.1, -0.05) is 30.7 Å². The molecule has 2 aliphatic rings. The lowest BCUT2D eigenvalue weighted by molar-refractivity contribution is -0.147. The average molecular weight is 322 g/mol. The van der Waals surface area contributed by atoms with Crippen molar-refractivity contribution in [3.8, 4) is 0 Å². The Hall–Kier alpha value is -1.59. The number of fused-ring (bicyclic) bond motifs is 1. The van der Waals surface area contributed by atoms with Crippen LogP contribution in [0.3, 0.4) is 0 Å². The monoisotopic (exact) mass is 321 g/mol. The average Bonchev–Trinajstić information content (AvgIpc) is 2.95. The highest BCUT2D eigenvalue weighted by molar-refractivity contribution is 6.30. The first-order chi connectivity index (χ1) is 10.6. The zero-order valence-electron chi connectivity index (χ0n) is 12.5. The van der Waals surface area contributed by atoms with E-state index in [1.54, 1.807) is 4.90 Å². The molecule has 2 amide bonds. The molecule has 0 unspecified atom stereocenters. The van der Waals surface area contributed by atoms with E-state index in [4.69, 9.17) is 11.6 Å². The molecule has 1 aromatic carbocycles. The SMILES string of the molecule is CC[C@@H]1NC(=O)[C@@H]2C[C@H](NCc3ccc(Cl)cc3)CN2C1=O. The van der Waals surface area contributed by atoms with E-state index >= 15 is 0 Å². The van der Waals surface area contributed by atoms with Gasteiger partial charge in [-0.3, -0.25) is 9.59 Å². The normalized spacial score (nSPS) is 27.7. The molecule has 2 fully saturated rings. The van der Waals surface area contributed by atoms with Crippen LogP contribution < -0.4 is 10.6 Å². The predicted octanol–water partition coefficient (Wildman–Crippen LogP) is 1.31. The number of amides is 2. The van der Waals surface area contributed by atoms with Crippen LogP contribution in [0.25, 0.3) is 0 Å². The molecule has 2 saturated heterocycles. The smallest absolute Gasteiger partial charge is 0.245 e. The Bertz CT molecular complexity index is 575. The van der Waals surface area contributed by atoms with Gasteiger partial charge in [0.2, 0.25) is 11.8 Å². The fraction of sp³-hybridized carbons (Fsp3) is 0.500. The van der Waals surface area contributed by atoms with Crippen LogP contribution in [0.4, 0.5) is 0 Å². The van der Waals surface area contributed by atoms with Gasteiger partial charge in [-0.2, -0.15) is 0 Å². The van der Waals surface area contributed by atoms with E-state index in [2.05, 4.69) is 10.6 Å². The second-order valence-corrected chi connectivity index (χ2v) is 6.35. The fourth-order valence-electron chi connectivity index (χ4n) is 3.15. The number of carbonyl (C=O) groups is 2. The lowest BCUT2D eigenvalue weighted by Gasteiger charge is -2.33. The molecule has 0 radical (unpaired) electrons. The highest BCUT2D eigenvalue weighted by Crippen LogP contribution is 2.23. The molecule has 0 aromatic heterocycles. The molecule has 2 heterocycles. The molecule has 6 heteroatoms. The van der Waals surface area contributed by atoms with Crippen LogP contribution >= 0.6 is 11.6 Å². The maximum absolute atomic E-state index is 12.3. The minimum atomic E-state index is -0.362. The number of nitrogens with one attached hydrogen (secondary N) is 2. The number of hydrogen-bond donors (Lipinski definition) is 2. The summed E-state index contributed by atoms with van der Waals surface area (Å²) in [5, 5.41) is 6.96. The topological polar surface area (TPSA) is 61.4 Å². The first-order valence-electron chi connectivity index (χ1n) is 7.67. The van der Waals surface area contributed by atoms with Crippen LogP contribution in [0.5, 0.6) is 0 Å². The first kappa shape index (κ1) is 15.3. The number of halogens is 1. The number of hydrogen-bond acceptors (Lipinski definition) is 3. The molecule has 5 nitrogen and oxygen atoms in total. The van der Waals surface area contributed by atoms with Gasteiger partial charge in [0.05, 0.1) is 0 Å². The Kier molecular flexibility index (Phi) is 4.36. The lowest BCUT2D eigenvalue weighted by Crippen LogP contribution is -2.60. The second kappa shape index (κ2) is 6.26. The molecular formula is C16H20ClN3O2. The lowest BCUT2D eigenvalue weighted by atomic mass is 10.1. The van der Waals surface area contributed by atoms with E-state index in [9.17, 15) is 9.59 Å². The van der Waals surface area contributed by atoms with Crippen molar-refractivity contribution < 1.29 is 9.59 Å². The van der Waals surface area contributed by atoms with Crippen molar-refractivity contribution in [2.24, 2.45) is 0 Å². The third kappa shape index (κ3) is 2.96. The van der Waals surface area contributed by atoms with Gasteiger partial charge in [0, 0.05) is 24.2 Å². The van der Waals surface area contributed by atoms with Crippen LogP contribution in [0.15, 0.2) is 24.3 Å². The summed E-state index contributed by atoms with van der Waals surface area (Å²) in [5.41, 5.74) is 1.14. The summed E-state index contributed by atoms with van der Waals surface area (Å²) in [7, 11) is 0. The summed E-state index contributed by atoms with van der Waals surface area (Å²) in [6, 6.07) is 7.13. The summed E-state index contributed by atoms with van der Waals surface area (Å²) in [6.07, 6.45) is 1.30. The third-order valence-corrected chi connectivity index (χ3v) is 4.67.